The van der Waals surface area contributed by atoms with Crippen LogP contribution in [0.4, 0.5) is 4.39 Å². The van der Waals surface area contributed by atoms with E-state index in [2.05, 4.69) is 21.2 Å². The van der Waals surface area contributed by atoms with Gasteiger partial charge in [0.2, 0.25) is 5.91 Å². The summed E-state index contributed by atoms with van der Waals surface area (Å²) in [6.07, 6.45) is 0.318. The lowest BCUT2D eigenvalue weighted by Crippen LogP contribution is -2.41. The zero-order valence-corrected chi connectivity index (χ0v) is 15.3. The molecule has 2 rings (SSSR count). The SMILES string of the molecule is CC(Cc1ccccc1F)C(=O)NCC(C)(O)c1ccc(Br)cc1. The summed E-state index contributed by atoms with van der Waals surface area (Å²) < 4.78 is 14.6. The van der Waals surface area contributed by atoms with Crippen molar-refractivity contribution in [2.45, 2.75) is 25.9 Å². The molecular formula is C19H21BrFNO2. The minimum absolute atomic E-state index is 0.0923. The van der Waals surface area contributed by atoms with E-state index in [1.54, 1.807) is 44.2 Å². The molecule has 1 amide bonds. The number of hydrogen-bond donors (Lipinski definition) is 2. The summed E-state index contributed by atoms with van der Waals surface area (Å²) in [6, 6.07) is 13.7. The van der Waals surface area contributed by atoms with Crippen LogP contribution in [0.5, 0.6) is 0 Å². The fraction of sp³-hybridized carbons (Fsp3) is 0.316. The molecule has 2 unspecified atom stereocenters. The van der Waals surface area contributed by atoms with Gasteiger partial charge >= 0.3 is 0 Å². The van der Waals surface area contributed by atoms with E-state index in [-0.39, 0.29) is 24.2 Å². The third-order valence-corrected chi connectivity index (χ3v) is 4.53. The molecule has 2 atom stereocenters. The van der Waals surface area contributed by atoms with E-state index in [0.29, 0.717) is 17.5 Å². The van der Waals surface area contributed by atoms with Gasteiger partial charge in [-0.15, -0.1) is 0 Å². The molecule has 2 N–H and O–H groups in total. The van der Waals surface area contributed by atoms with E-state index in [0.717, 1.165) is 4.47 Å². The van der Waals surface area contributed by atoms with Gasteiger partial charge in [-0.25, -0.2) is 4.39 Å². The monoisotopic (exact) mass is 393 g/mol. The highest BCUT2D eigenvalue weighted by molar-refractivity contribution is 9.10. The van der Waals surface area contributed by atoms with Crippen molar-refractivity contribution in [3.8, 4) is 0 Å². The molecule has 0 spiro atoms. The average Bonchev–Trinajstić information content (AvgIpc) is 2.55. The topological polar surface area (TPSA) is 49.3 Å². The molecule has 0 saturated heterocycles. The second kappa shape index (κ2) is 7.90. The summed E-state index contributed by atoms with van der Waals surface area (Å²) >= 11 is 3.35. The molecule has 0 radical (unpaired) electrons. The number of hydrogen-bond acceptors (Lipinski definition) is 2. The van der Waals surface area contributed by atoms with Gasteiger partial charge in [0.05, 0.1) is 6.54 Å². The lowest BCUT2D eigenvalue weighted by atomic mass is 9.95. The highest BCUT2D eigenvalue weighted by Gasteiger charge is 2.25. The first-order valence-corrected chi connectivity index (χ1v) is 8.58. The standard InChI is InChI=1S/C19H21BrFNO2/c1-13(11-14-5-3-4-6-17(14)21)18(23)22-12-19(2,24)15-7-9-16(20)10-8-15/h3-10,13,24H,11-12H2,1-2H3,(H,22,23). The molecule has 128 valence electrons. The number of amides is 1. The quantitative estimate of drug-likeness (QED) is 0.783. The van der Waals surface area contributed by atoms with Crippen LogP contribution in [-0.2, 0) is 16.8 Å². The van der Waals surface area contributed by atoms with Crippen molar-refractivity contribution in [1.29, 1.82) is 0 Å². The van der Waals surface area contributed by atoms with Gasteiger partial charge in [0.1, 0.15) is 11.4 Å². The molecule has 0 saturated carbocycles. The molecule has 0 aliphatic heterocycles. The van der Waals surface area contributed by atoms with Crippen LogP contribution in [0.3, 0.4) is 0 Å². The lowest BCUT2D eigenvalue weighted by molar-refractivity contribution is -0.125. The highest BCUT2D eigenvalue weighted by atomic mass is 79.9. The van der Waals surface area contributed by atoms with Crippen LogP contribution in [0, 0.1) is 11.7 Å². The normalized spacial score (nSPS) is 14.7. The van der Waals surface area contributed by atoms with Crippen LogP contribution in [0.1, 0.15) is 25.0 Å². The average molecular weight is 394 g/mol. The van der Waals surface area contributed by atoms with Crippen molar-refractivity contribution in [3.05, 3.63) is 69.9 Å². The van der Waals surface area contributed by atoms with Gasteiger partial charge in [0.25, 0.3) is 0 Å². The van der Waals surface area contributed by atoms with Gasteiger partial charge < -0.3 is 10.4 Å². The summed E-state index contributed by atoms with van der Waals surface area (Å²) in [5.74, 6) is -0.905. The predicted octanol–water partition coefficient (Wildman–Crippen LogP) is 3.79. The third kappa shape index (κ3) is 4.89. The number of nitrogens with one attached hydrogen (secondary N) is 1. The van der Waals surface area contributed by atoms with Crippen LogP contribution < -0.4 is 5.32 Å². The second-order valence-electron chi connectivity index (χ2n) is 6.20. The smallest absolute Gasteiger partial charge is 0.223 e. The molecule has 0 aliphatic carbocycles. The largest absolute Gasteiger partial charge is 0.384 e. The van der Waals surface area contributed by atoms with Crippen LogP contribution in [0.2, 0.25) is 0 Å². The molecule has 24 heavy (non-hydrogen) atoms. The maximum absolute atomic E-state index is 13.7. The zero-order valence-electron chi connectivity index (χ0n) is 13.7. The number of aliphatic hydroxyl groups is 1. The number of halogens is 2. The first-order chi connectivity index (χ1) is 11.3. The number of carbonyl (C=O) groups excluding carboxylic acids is 1. The van der Waals surface area contributed by atoms with Gasteiger partial charge in [-0.05, 0) is 42.7 Å². The maximum atomic E-state index is 13.7. The van der Waals surface area contributed by atoms with Gasteiger partial charge in [-0.3, -0.25) is 4.79 Å². The van der Waals surface area contributed by atoms with Crippen molar-refractivity contribution < 1.29 is 14.3 Å². The lowest BCUT2D eigenvalue weighted by Gasteiger charge is -2.25. The molecule has 3 nitrogen and oxygen atoms in total. The molecule has 0 aromatic heterocycles. The molecule has 0 bridgehead atoms. The predicted molar refractivity (Wildman–Crippen MR) is 96.0 cm³/mol. The number of carbonyl (C=O) groups is 1. The Balaban J connectivity index is 1.94. The van der Waals surface area contributed by atoms with Crippen LogP contribution in [-0.4, -0.2) is 17.6 Å². The first-order valence-electron chi connectivity index (χ1n) is 7.79. The Kier molecular flexibility index (Phi) is 6.13. The van der Waals surface area contributed by atoms with Crippen molar-refractivity contribution in [2.24, 2.45) is 5.92 Å². The number of benzene rings is 2. The first kappa shape index (κ1) is 18.6. The summed E-state index contributed by atoms with van der Waals surface area (Å²) in [5, 5.41) is 13.3. The van der Waals surface area contributed by atoms with Crippen molar-refractivity contribution in [1.82, 2.24) is 5.32 Å². The van der Waals surface area contributed by atoms with E-state index in [9.17, 15) is 14.3 Å². The maximum Gasteiger partial charge on any atom is 0.223 e. The molecule has 2 aromatic carbocycles. The van der Waals surface area contributed by atoms with Gasteiger partial charge in [0.15, 0.2) is 0 Å². The third-order valence-electron chi connectivity index (χ3n) is 4.00. The summed E-state index contributed by atoms with van der Waals surface area (Å²) in [6.45, 7) is 3.49. The van der Waals surface area contributed by atoms with Crippen molar-refractivity contribution in [3.63, 3.8) is 0 Å². The summed E-state index contributed by atoms with van der Waals surface area (Å²) in [4.78, 5) is 12.2. The minimum atomic E-state index is -1.17. The molecule has 5 heteroatoms. The summed E-state index contributed by atoms with van der Waals surface area (Å²) in [5.41, 5.74) is 0.0567. The Morgan fingerprint density at radius 1 is 1.25 bits per heavy atom. The van der Waals surface area contributed by atoms with E-state index < -0.39 is 5.60 Å². The number of rotatable bonds is 6. The second-order valence-corrected chi connectivity index (χ2v) is 7.11. The van der Waals surface area contributed by atoms with E-state index in [1.165, 1.54) is 6.07 Å². The highest BCUT2D eigenvalue weighted by Crippen LogP contribution is 2.22. The zero-order chi connectivity index (χ0) is 17.7. The molecule has 0 aliphatic rings. The molecule has 0 fully saturated rings. The molecule has 2 aromatic rings. The Labute approximate surface area is 150 Å². The Morgan fingerprint density at radius 2 is 1.88 bits per heavy atom. The van der Waals surface area contributed by atoms with Crippen LogP contribution >= 0.6 is 15.9 Å². The Morgan fingerprint density at radius 3 is 2.50 bits per heavy atom. The Bertz CT molecular complexity index is 701. The minimum Gasteiger partial charge on any atom is -0.384 e. The van der Waals surface area contributed by atoms with Gasteiger partial charge in [-0.1, -0.05) is 53.2 Å². The van der Waals surface area contributed by atoms with E-state index in [1.807, 2.05) is 12.1 Å². The van der Waals surface area contributed by atoms with Crippen LogP contribution in [0.15, 0.2) is 53.0 Å². The fourth-order valence-electron chi connectivity index (χ4n) is 2.43. The molecular weight excluding hydrogens is 373 g/mol. The molecule has 0 heterocycles. The van der Waals surface area contributed by atoms with Crippen molar-refractivity contribution in [2.75, 3.05) is 6.54 Å². The van der Waals surface area contributed by atoms with Gasteiger partial charge in [-0.2, -0.15) is 0 Å². The fourth-order valence-corrected chi connectivity index (χ4v) is 2.70. The Hall–Kier alpha value is -1.72. The van der Waals surface area contributed by atoms with E-state index in [4.69, 9.17) is 0 Å². The van der Waals surface area contributed by atoms with Crippen LogP contribution in [0.25, 0.3) is 0 Å². The van der Waals surface area contributed by atoms with Gasteiger partial charge in [0, 0.05) is 10.4 Å². The van der Waals surface area contributed by atoms with Crippen molar-refractivity contribution >= 4 is 21.8 Å². The van der Waals surface area contributed by atoms with E-state index >= 15 is 0 Å². The summed E-state index contributed by atoms with van der Waals surface area (Å²) in [7, 11) is 0.